The van der Waals surface area contributed by atoms with Gasteiger partial charge in [-0.3, -0.25) is 10.1 Å². The van der Waals surface area contributed by atoms with E-state index in [1.165, 1.54) is 6.07 Å². The maximum atomic E-state index is 10.9. The van der Waals surface area contributed by atoms with E-state index in [9.17, 15) is 10.1 Å². The van der Waals surface area contributed by atoms with Crippen molar-refractivity contribution in [2.45, 2.75) is 6.54 Å². The summed E-state index contributed by atoms with van der Waals surface area (Å²) in [5, 5.41) is 15.3. The van der Waals surface area contributed by atoms with Crippen LogP contribution in [0.2, 0.25) is 0 Å². The lowest BCUT2D eigenvalue weighted by atomic mass is 10.1. The number of rotatable bonds is 4. The van der Waals surface area contributed by atoms with Gasteiger partial charge >= 0.3 is 0 Å². The van der Waals surface area contributed by atoms with Crippen LogP contribution in [0, 0.1) is 10.1 Å². The van der Waals surface area contributed by atoms with Gasteiger partial charge in [0.05, 0.1) is 9.40 Å². The number of halogens is 1. The lowest BCUT2D eigenvalue weighted by molar-refractivity contribution is -0.385. The zero-order chi connectivity index (χ0) is 14.8. The average molecular weight is 346 g/mol. The predicted octanol–water partition coefficient (Wildman–Crippen LogP) is 4.45. The van der Waals surface area contributed by atoms with Crippen LogP contribution in [-0.2, 0) is 6.54 Å². The molecule has 3 rings (SSSR count). The van der Waals surface area contributed by atoms with Crippen LogP contribution in [0.25, 0.3) is 10.9 Å². The molecular formula is C15H12BrN3O2. The first-order chi connectivity index (χ1) is 10.1. The summed E-state index contributed by atoms with van der Waals surface area (Å²) in [6, 6.07) is 13.2. The molecule has 6 heteroatoms. The van der Waals surface area contributed by atoms with Crippen LogP contribution < -0.4 is 5.32 Å². The van der Waals surface area contributed by atoms with Gasteiger partial charge in [0.1, 0.15) is 0 Å². The van der Waals surface area contributed by atoms with Gasteiger partial charge in [-0.05, 0) is 51.1 Å². The second-order valence-electron chi connectivity index (χ2n) is 4.68. The average Bonchev–Trinajstić information content (AvgIpc) is 2.93. The van der Waals surface area contributed by atoms with Gasteiger partial charge < -0.3 is 10.3 Å². The fraction of sp³-hybridized carbons (Fsp3) is 0.0667. The molecule has 21 heavy (non-hydrogen) atoms. The third kappa shape index (κ3) is 2.90. The largest absolute Gasteiger partial charge is 0.381 e. The molecule has 0 aliphatic carbocycles. The summed E-state index contributed by atoms with van der Waals surface area (Å²) in [4.78, 5) is 13.7. The first-order valence-corrected chi connectivity index (χ1v) is 7.16. The Morgan fingerprint density at radius 2 is 2.05 bits per heavy atom. The van der Waals surface area contributed by atoms with Gasteiger partial charge in [0, 0.05) is 30.0 Å². The van der Waals surface area contributed by atoms with E-state index in [1.54, 1.807) is 6.07 Å². The van der Waals surface area contributed by atoms with E-state index in [0.717, 1.165) is 22.2 Å². The van der Waals surface area contributed by atoms with Crippen molar-refractivity contribution in [1.29, 1.82) is 0 Å². The lowest BCUT2D eigenvalue weighted by Crippen LogP contribution is -2.00. The van der Waals surface area contributed by atoms with E-state index >= 15 is 0 Å². The Kier molecular flexibility index (Phi) is 3.62. The van der Waals surface area contributed by atoms with Crippen LogP contribution in [0.4, 0.5) is 11.4 Å². The second-order valence-corrected chi connectivity index (χ2v) is 5.53. The quantitative estimate of drug-likeness (QED) is 0.542. The number of fused-ring (bicyclic) bond motifs is 1. The highest BCUT2D eigenvalue weighted by Crippen LogP contribution is 2.28. The minimum absolute atomic E-state index is 0.0554. The van der Waals surface area contributed by atoms with E-state index in [4.69, 9.17) is 0 Å². The summed E-state index contributed by atoms with van der Waals surface area (Å²) in [5.41, 5.74) is 2.96. The van der Waals surface area contributed by atoms with E-state index in [2.05, 4.69) is 32.3 Å². The van der Waals surface area contributed by atoms with Crippen LogP contribution in [0.1, 0.15) is 5.56 Å². The number of hydrogen-bond donors (Lipinski definition) is 2. The first-order valence-electron chi connectivity index (χ1n) is 6.37. The molecule has 0 saturated heterocycles. The molecule has 0 atom stereocenters. The predicted molar refractivity (Wildman–Crippen MR) is 86.4 cm³/mol. The van der Waals surface area contributed by atoms with Crippen LogP contribution in [-0.4, -0.2) is 9.91 Å². The van der Waals surface area contributed by atoms with Crippen LogP contribution in [0.5, 0.6) is 0 Å². The molecule has 2 aromatic carbocycles. The molecule has 0 unspecified atom stereocenters. The van der Waals surface area contributed by atoms with Crippen LogP contribution in [0.15, 0.2) is 53.1 Å². The molecule has 0 radical (unpaired) electrons. The Bertz CT molecular complexity index is 814. The van der Waals surface area contributed by atoms with Gasteiger partial charge in [0.25, 0.3) is 5.69 Å². The van der Waals surface area contributed by atoms with Gasteiger partial charge in [-0.25, -0.2) is 0 Å². The molecule has 0 spiro atoms. The maximum Gasteiger partial charge on any atom is 0.285 e. The molecule has 0 bridgehead atoms. The van der Waals surface area contributed by atoms with E-state index in [-0.39, 0.29) is 5.69 Å². The Morgan fingerprint density at radius 1 is 1.19 bits per heavy atom. The van der Waals surface area contributed by atoms with E-state index < -0.39 is 4.92 Å². The van der Waals surface area contributed by atoms with Crippen molar-refractivity contribution in [2.24, 2.45) is 0 Å². The van der Waals surface area contributed by atoms with Crippen molar-refractivity contribution < 1.29 is 4.92 Å². The standard InChI is InChI=1S/C15H12BrN3O2/c16-13-4-3-12(8-15(13)19(20)21)18-9-10-1-2-11-5-6-17-14(11)7-10/h1-8,17-18H,9H2. The number of hydrogen-bond acceptors (Lipinski definition) is 3. The minimum Gasteiger partial charge on any atom is -0.381 e. The van der Waals surface area contributed by atoms with Crippen molar-refractivity contribution in [3.8, 4) is 0 Å². The molecule has 0 aliphatic heterocycles. The fourth-order valence-electron chi connectivity index (χ4n) is 2.17. The molecule has 106 valence electrons. The molecule has 2 N–H and O–H groups in total. The molecule has 0 saturated carbocycles. The number of aromatic amines is 1. The zero-order valence-corrected chi connectivity index (χ0v) is 12.6. The summed E-state index contributed by atoms with van der Waals surface area (Å²) >= 11 is 3.18. The number of anilines is 1. The zero-order valence-electron chi connectivity index (χ0n) is 11.0. The molecule has 5 nitrogen and oxygen atoms in total. The van der Waals surface area contributed by atoms with Crippen molar-refractivity contribution in [2.75, 3.05) is 5.32 Å². The Labute approximate surface area is 129 Å². The van der Waals surface area contributed by atoms with Gasteiger partial charge in [-0.15, -0.1) is 0 Å². The normalized spacial score (nSPS) is 10.7. The van der Waals surface area contributed by atoms with Crippen molar-refractivity contribution in [3.05, 3.63) is 68.8 Å². The SMILES string of the molecule is O=[N+]([O-])c1cc(NCc2ccc3cc[nH]c3c2)ccc1Br. The number of nitro benzene ring substituents is 1. The van der Waals surface area contributed by atoms with Crippen LogP contribution >= 0.6 is 15.9 Å². The van der Waals surface area contributed by atoms with E-state index in [1.807, 2.05) is 30.5 Å². The first kappa shape index (κ1) is 13.6. The molecule has 3 aromatic rings. The third-order valence-electron chi connectivity index (χ3n) is 3.26. The smallest absolute Gasteiger partial charge is 0.285 e. The number of nitrogens with one attached hydrogen (secondary N) is 2. The van der Waals surface area contributed by atoms with Gasteiger partial charge in [0.15, 0.2) is 0 Å². The monoisotopic (exact) mass is 345 g/mol. The topological polar surface area (TPSA) is 71.0 Å². The fourth-order valence-corrected chi connectivity index (χ4v) is 2.56. The number of benzene rings is 2. The number of H-pyrrole nitrogens is 1. The summed E-state index contributed by atoms with van der Waals surface area (Å²) in [7, 11) is 0. The van der Waals surface area contributed by atoms with Crippen LogP contribution in [0.3, 0.4) is 0 Å². The van der Waals surface area contributed by atoms with Crippen molar-refractivity contribution in [1.82, 2.24) is 4.98 Å². The highest BCUT2D eigenvalue weighted by atomic mass is 79.9. The summed E-state index contributed by atoms with van der Waals surface area (Å²) in [6.07, 6.45) is 1.90. The molecule has 0 aliphatic rings. The molecular weight excluding hydrogens is 334 g/mol. The van der Waals surface area contributed by atoms with Crippen molar-refractivity contribution >= 4 is 38.2 Å². The molecule has 0 amide bonds. The number of aromatic nitrogens is 1. The maximum absolute atomic E-state index is 10.9. The Hall–Kier alpha value is -2.34. The van der Waals surface area contributed by atoms with Gasteiger partial charge in [-0.1, -0.05) is 12.1 Å². The number of nitrogens with zero attached hydrogens (tertiary/aromatic N) is 1. The highest BCUT2D eigenvalue weighted by Gasteiger charge is 2.12. The minimum atomic E-state index is -0.403. The molecule has 1 aromatic heterocycles. The summed E-state index contributed by atoms with van der Waals surface area (Å²) in [5.74, 6) is 0. The van der Waals surface area contributed by atoms with E-state index in [0.29, 0.717) is 11.0 Å². The van der Waals surface area contributed by atoms with Gasteiger partial charge in [-0.2, -0.15) is 0 Å². The molecule has 0 fully saturated rings. The van der Waals surface area contributed by atoms with Crippen molar-refractivity contribution in [3.63, 3.8) is 0 Å². The third-order valence-corrected chi connectivity index (χ3v) is 3.93. The second kappa shape index (κ2) is 5.57. The van der Waals surface area contributed by atoms with Gasteiger partial charge in [0.2, 0.25) is 0 Å². The number of nitro groups is 1. The lowest BCUT2D eigenvalue weighted by Gasteiger charge is -2.07. The molecule has 1 heterocycles. The summed E-state index contributed by atoms with van der Waals surface area (Å²) < 4.78 is 0.478. The summed E-state index contributed by atoms with van der Waals surface area (Å²) in [6.45, 7) is 0.605. The Balaban J connectivity index is 1.77. The Morgan fingerprint density at radius 3 is 2.86 bits per heavy atom. The highest BCUT2D eigenvalue weighted by molar-refractivity contribution is 9.10.